The molecule has 6 heteroatoms. The zero-order valence-electron chi connectivity index (χ0n) is 16.1. The van der Waals surface area contributed by atoms with Crippen molar-refractivity contribution < 1.29 is 0 Å². The van der Waals surface area contributed by atoms with Gasteiger partial charge in [0.2, 0.25) is 0 Å². The average Bonchev–Trinajstić information content (AvgIpc) is 3.22. The molecule has 0 aliphatic heterocycles. The number of aromatic amines is 1. The molecule has 2 N–H and O–H groups in total. The van der Waals surface area contributed by atoms with Gasteiger partial charge in [-0.25, -0.2) is 9.98 Å². The predicted octanol–water partition coefficient (Wildman–Crippen LogP) is 3.38. The highest BCUT2D eigenvalue weighted by Crippen LogP contribution is 2.16. The Bertz CT molecular complexity index is 885. The third-order valence-corrected chi connectivity index (χ3v) is 4.39. The molecule has 140 valence electrons. The number of nitrogens with one attached hydrogen (secondary N) is 2. The molecule has 0 saturated heterocycles. The van der Waals surface area contributed by atoms with E-state index in [1.165, 1.54) is 17.5 Å². The SMILES string of the molecule is CCNC(=NCc1cccc(-c2ncn[nH]2)c1)N(C)Cc1ccccc1C. The number of hydrogen-bond donors (Lipinski definition) is 2. The van der Waals surface area contributed by atoms with Gasteiger partial charge in [0, 0.05) is 25.7 Å². The maximum absolute atomic E-state index is 4.82. The minimum Gasteiger partial charge on any atom is -0.357 e. The first-order valence-corrected chi connectivity index (χ1v) is 9.16. The Labute approximate surface area is 160 Å². The van der Waals surface area contributed by atoms with Crippen LogP contribution < -0.4 is 5.32 Å². The number of benzene rings is 2. The number of guanidine groups is 1. The standard InChI is InChI=1S/C21H26N6/c1-4-22-21(27(3)14-19-10-6-5-8-16(19)2)23-13-17-9-7-11-18(12-17)20-24-15-25-26-20/h5-12,15H,4,13-14H2,1-3H3,(H,22,23)(H,24,25,26). The van der Waals surface area contributed by atoms with Crippen molar-refractivity contribution in [3.05, 3.63) is 71.5 Å². The first-order chi connectivity index (χ1) is 13.2. The van der Waals surface area contributed by atoms with Gasteiger partial charge in [-0.2, -0.15) is 5.10 Å². The lowest BCUT2D eigenvalue weighted by molar-refractivity contribution is 0.475. The molecule has 27 heavy (non-hydrogen) atoms. The number of aromatic nitrogens is 3. The van der Waals surface area contributed by atoms with Crippen molar-refractivity contribution in [3.8, 4) is 11.4 Å². The molecular formula is C21H26N6. The lowest BCUT2D eigenvalue weighted by Gasteiger charge is -2.23. The molecule has 0 bridgehead atoms. The summed E-state index contributed by atoms with van der Waals surface area (Å²) in [7, 11) is 2.07. The Kier molecular flexibility index (Phi) is 6.20. The van der Waals surface area contributed by atoms with Crippen LogP contribution in [0.2, 0.25) is 0 Å². The maximum Gasteiger partial charge on any atom is 0.194 e. The molecule has 0 atom stereocenters. The third-order valence-electron chi connectivity index (χ3n) is 4.39. The Balaban J connectivity index is 1.74. The number of nitrogens with zero attached hydrogens (tertiary/aromatic N) is 4. The first kappa shape index (κ1) is 18.6. The van der Waals surface area contributed by atoms with E-state index >= 15 is 0 Å². The summed E-state index contributed by atoms with van der Waals surface area (Å²) in [4.78, 5) is 11.2. The topological polar surface area (TPSA) is 69.2 Å². The van der Waals surface area contributed by atoms with Crippen LogP contribution >= 0.6 is 0 Å². The number of hydrogen-bond acceptors (Lipinski definition) is 3. The largest absolute Gasteiger partial charge is 0.357 e. The van der Waals surface area contributed by atoms with Gasteiger partial charge >= 0.3 is 0 Å². The smallest absolute Gasteiger partial charge is 0.194 e. The molecule has 0 spiro atoms. The normalized spacial score (nSPS) is 11.4. The lowest BCUT2D eigenvalue weighted by atomic mass is 10.1. The highest BCUT2D eigenvalue weighted by Gasteiger charge is 2.08. The molecule has 3 aromatic rings. The molecule has 3 rings (SSSR count). The van der Waals surface area contributed by atoms with E-state index in [4.69, 9.17) is 4.99 Å². The first-order valence-electron chi connectivity index (χ1n) is 9.16. The fraction of sp³-hybridized carbons (Fsp3) is 0.286. The maximum atomic E-state index is 4.82. The van der Waals surface area contributed by atoms with Crippen LogP contribution in [0.3, 0.4) is 0 Å². The van der Waals surface area contributed by atoms with Gasteiger partial charge in [0.25, 0.3) is 0 Å². The summed E-state index contributed by atoms with van der Waals surface area (Å²) in [6, 6.07) is 16.7. The van der Waals surface area contributed by atoms with Gasteiger partial charge in [0.15, 0.2) is 11.8 Å². The van der Waals surface area contributed by atoms with Crippen molar-refractivity contribution in [1.29, 1.82) is 0 Å². The van der Waals surface area contributed by atoms with Gasteiger partial charge < -0.3 is 10.2 Å². The number of aryl methyl sites for hydroxylation is 1. The Morgan fingerprint density at radius 1 is 1.19 bits per heavy atom. The zero-order valence-corrected chi connectivity index (χ0v) is 16.1. The van der Waals surface area contributed by atoms with Crippen molar-refractivity contribution in [2.24, 2.45) is 4.99 Å². The fourth-order valence-corrected chi connectivity index (χ4v) is 2.92. The van der Waals surface area contributed by atoms with E-state index in [0.717, 1.165) is 36.0 Å². The molecule has 6 nitrogen and oxygen atoms in total. The molecular weight excluding hydrogens is 336 g/mol. The van der Waals surface area contributed by atoms with Gasteiger partial charge in [-0.05, 0) is 36.6 Å². The molecule has 0 aliphatic rings. The van der Waals surface area contributed by atoms with Gasteiger partial charge in [0.05, 0.1) is 6.54 Å². The van der Waals surface area contributed by atoms with Crippen molar-refractivity contribution in [2.75, 3.05) is 13.6 Å². The zero-order chi connectivity index (χ0) is 19.1. The van der Waals surface area contributed by atoms with Crippen LogP contribution in [0.1, 0.15) is 23.6 Å². The van der Waals surface area contributed by atoms with Crippen LogP contribution in [-0.2, 0) is 13.1 Å². The number of aliphatic imine (C=N–C) groups is 1. The predicted molar refractivity (Wildman–Crippen MR) is 109 cm³/mol. The molecule has 0 radical (unpaired) electrons. The Morgan fingerprint density at radius 3 is 2.78 bits per heavy atom. The van der Waals surface area contributed by atoms with E-state index in [1.54, 1.807) is 0 Å². The van der Waals surface area contributed by atoms with Crippen LogP contribution in [-0.4, -0.2) is 39.6 Å². The van der Waals surface area contributed by atoms with E-state index in [2.05, 4.69) is 82.7 Å². The van der Waals surface area contributed by atoms with Crippen molar-refractivity contribution in [2.45, 2.75) is 26.9 Å². The number of rotatable bonds is 6. The molecule has 0 amide bonds. The minimum atomic E-state index is 0.600. The summed E-state index contributed by atoms with van der Waals surface area (Å²) in [6.45, 7) is 6.47. The highest BCUT2D eigenvalue weighted by molar-refractivity contribution is 5.79. The molecule has 0 saturated carbocycles. The summed E-state index contributed by atoms with van der Waals surface area (Å²) in [5.74, 6) is 1.66. The second-order valence-corrected chi connectivity index (χ2v) is 6.49. The van der Waals surface area contributed by atoms with Crippen LogP contribution in [0.5, 0.6) is 0 Å². The highest BCUT2D eigenvalue weighted by atomic mass is 15.3. The molecule has 0 unspecified atom stereocenters. The monoisotopic (exact) mass is 362 g/mol. The van der Waals surface area contributed by atoms with Gasteiger partial charge in [-0.15, -0.1) is 0 Å². The van der Waals surface area contributed by atoms with Crippen LogP contribution in [0, 0.1) is 6.92 Å². The molecule has 0 fully saturated rings. The summed E-state index contributed by atoms with van der Waals surface area (Å²) >= 11 is 0. The Hall–Kier alpha value is -3.15. The van der Waals surface area contributed by atoms with E-state index in [1.807, 2.05) is 12.1 Å². The quantitative estimate of drug-likeness (QED) is 0.521. The van der Waals surface area contributed by atoms with E-state index in [9.17, 15) is 0 Å². The van der Waals surface area contributed by atoms with E-state index in [-0.39, 0.29) is 0 Å². The summed E-state index contributed by atoms with van der Waals surface area (Å²) < 4.78 is 0. The molecule has 0 aliphatic carbocycles. The second kappa shape index (κ2) is 8.98. The second-order valence-electron chi connectivity index (χ2n) is 6.49. The molecule has 1 aromatic heterocycles. The summed E-state index contributed by atoms with van der Waals surface area (Å²) in [6.07, 6.45) is 1.52. The summed E-state index contributed by atoms with van der Waals surface area (Å²) in [5, 5.41) is 10.2. The third kappa shape index (κ3) is 4.94. The minimum absolute atomic E-state index is 0.600. The fourth-order valence-electron chi connectivity index (χ4n) is 2.92. The van der Waals surface area contributed by atoms with Crippen LogP contribution in [0.15, 0.2) is 59.9 Å². The van der Waals surface area contributed by atoms with Gasteiger partial charge in [0.1, 0.15) is 6.33 Å². The van der Waals surface area contributed by atoms with E-state index < -0.39 is 0 Å². The van der Waals surface area contributed by atoms with Crippen molar-refractivity contribution >= 4 is 5.96 Å². The average molecular weight is 362 g/mol. The summed E-state index contributed by atoms with van der Waals surface area (Å²) in [5.41, 5.74) is 4.74. The van der Waals surface area contributed by atoms with Crippen LogP contribution in [0.4, 0.5) is 0 Å². The Morgan fingerprint density at radius 2 is 2.04 bits per heavy atom. The lowest BCUT2D eigenvalue weighted by Crippen LogP contribution is -2.38. The van der Waals surface area contributed by atoms with Gasteiger partial charge in [-0.3, -0.25) is 5.10 Å². The van der Waals surface area contributed by atoms with Crippen molar-refractivity contribution in [1.82, 2.24) is 25.4 Å². The molecule has 2 aromatic carbocycles. The van der Waals surface area contributed by atoms with Gasteiger partial charge in [-0.1, -0.05) is 42.5 Å². The van der Waals surface area contributed by atoms with Crippen LogP contribution in [0.25, 0.3) is 11.4 Å². The van der Waals surface area contributed by atoms with E-state index in [0.29, 0.717) is 6.54 Å². The number of H-pyrrole nitrogens is 1. The molecule has 1 heterocycles. The van der Waals surface area contributed by atoms with Crippen molar-refractivity contribution in [3.63, 3.8) is 0 Å².